The summed E-state index contributed by atoms with van der Waals surface area (Å²) in [6.45, 7) is 3.93. The van der Waals surface area contributed by atoms with Gasteiger partial charge in [-0.05, 0) is 6.42 Å². The Morgan fingerprint density at radius 2 is 2.18 bits per heavy atom. The van der Waals surface area contributed by atoms with Crippen LogP contribution in [0.4, 0.5) is 0 Å². The van der Waals surface area contributed by atoms with Gasteiger partial charge >= 0.3 is 0 Å². The molecule has 2 amide bonds. The highest BCUT2D eigenvalue weighted by molar-refractivity contribution is 5.84. The molecule has 1 heterocycles. The van der Waals surface area contributed by atoms with Crippen molar-refractivity contribution in [3.05, 3.63) is 0 Å². The average molecular weight is 242 g/mol. The van der Waals surface area contributed by atoms with Crippen molar-refractivity contribution in [3.8, 4) is 0 Å². The SMILES string of the molecule is CCC(C(N)=O)N1CCNCC1C(=O)N(C)C. The molecule has 0 aliphatic carbocycles. The monoisotopic (exact) mass is 242 g/mol. The number of nitrogens with one attached hydrogen (secondary N) is 1. The fraction of sp³-hybridized carbons (Fsp3) is 0.818. The van der Waals surface area contributed by atoms with E-state index in [-0.39, 0.29) is 23.9 Å². The number of hydrogen-bond acceptors (Lipinski definition) is 4. The van der Waals surface area contributed by atoms with E-state index in [1.807, 2.05) is 11.8 Å². The standard InChI is InChI=1S/C11H22N4O2/c1-4-8(10(12)16)15-6-5-13-7-9(15)11(17)14(2)3/h8-9,13H,4-7H2,1-3H3,(H2,12,16). The molecular weight excluding hydrogens is 220 g/mol. The zero-order valence-electron chi connectivity index (χ0n) is 10.8. The molecule has 3 N–H and O–H groups in total. The fourth-order valence-corrected chi connectivity index (χ4v) is 2.22. The highest BCUT2D eigenvalue weighted by Gasteiger charge is 2.35. The van der Waals surface area contributed by atoms with E-state index in [1.54, 1.807) is 19.0 Å². The van der Waals surface area contributed by atoms with Crippen molar-refractivity contribution in [2.24, 2.45) is 5.73 Å². The number of rotatable bonds is 4. The van der Waals surface area contributed by atoms with Crippen LogP contribution in [0, 0.1) is 0 Å². The number of carbonyl (C=O) groups is 2. The van der Waals surface area contributed by atoms with Crippen molar-refractivity contribution in [1.29, 1.82) is 0 Å². The molecule has 2 atom stereocenters. The Morgan fingerprint density at radius 3 is 2.65 bits per heavy atom. The van der Waals surface area contributed by atoms with Gasteiger partial charge in [-0.1, -0.05) is 6.92 Å². The average Bonchev–Trinajstić information content (AvgIpc) is 2.29. The second kappa shape index (κ2) is 5.97. The van der Waals surface area contributed by atoms with Crippen LogP contribution in [-0.4, -0.2) is 67.4 Å². The van der Waals surface area contributed by atoms with Crippen LogP contribution in [-0.2, 0) is 9.59 Å². The molecule has 1 saturated heterocycles. The van der Waals surface area contributed by atoms with E-state index in [2.05, 4.69) is 5.32 Å². The highest BCUT2D eigenvalue weighted by Crippen LogP contribution is 2.13. The Bertz CT molecular complexity index is 293. The third-order valence-electron chi connectivity index (χ3n) is 3.13. The Balaban J connectivity index is 2.85. The van der Waals surface area contributed by atoms with E-state index in [0.29, 0.717) is 19.5 Å². The molecule has 98 valence electrons. The molecular formula is C11H22N4O2. The highest BCUT2D eigenvalue weighted by atomic mass is 16.2. The van der Waals surface area contributed by atoms with Crippen LogP contribution in [0.15, 0.2) is 0 Å². The summed E-state index contributed by atoms with van der Waals surface area (Å²) >= 11 is 0. The largest absolute Gasteiger partial charge is 0.368 e. The van der Waals surface area contributed by atoms with Crippen LogP contribution in [0.5, 0.6) is 0 Å². The molecule has 0 aromatic heterocycles. The number of likely N-dealkylation sites (N-methyl/N-ethyl adjacent to an activating group) is 1. The summed E-state index contributed by atoms with van der Waals surface area (Å²) in [6.07, 6.45) is 0.631. The number of carbonyl (C=O) groups excluding carboxylic acids is 2. The molecule has 0 spiro atoms. The molecule has 0 aromatic carbocycles. The molecule has 0 radical (unpaired) electrons. The second-order valence-corrected chi connectivity index (χ2v) is 4.52. The zero-order valence-corrected chi connectivity index (χ0v) is 10.8. The van der Waals surface area contributed by atoms with Crippen molar-refractivity contribution in [1.82, 2.24) is 15.1 Å². The predicted octanol–water partition coefficient (Wildman–Crippen LogP) is -1.39. The maximum absolute atomic E-state index is 12.0. The molecule has 0 aromatic rings. The summed E-state index contributed by atoms with van der Waals surface area (Å²) in [5.74, 6) is -0.345. The van der Waals surface area contributed by atoms with Crippen molar-refractivity contribution in [2.75, 3.05) is 33.7 Å². The van der Waals surface area contributed by atoms with Crippen molar-refractivity contribution >= 4 is 11.8 Å². The van der Waals surface area contributed by atoms with E-state index < -0.39 is 0 Å². The number of amides is 2. The van der Waals surface area contributed by atoms with Crippen LogP contribution in [0.3, 0.4) is 0 Å². The lowest BCUT2D eigenvalue weighted by molar-refractivity contribution is -0.138. The summed E-state index contributed by atoms with van der Waals surface area (Å²) in [4.78, 5) is 26.9. The third kappa shape index (κ3) is 3.17. The number of piperazine rings is 1. The Morgan fingerprint density at radius 1 is 1.53 bits per heavy atom. The lowest BCUT2D eigenvalue weighted by Crippen LogP contribution is -2.62. The molecule has 2 unspecified atom stereocenters. The minimum absolute atomic E-state index is 0.0110. The lowest BCUT2D eigenvalue weighted by Gasteiger charge is -2.39. The van der Waals surface area contributed by atoms with Gasteiger partial charge < -0.3 is 16.0 Å². The Labute approximate surface area is 102 Å². The smallest absolute Gasteiger partial charge is 0.240 e. The summed E-state index contributed by atoms with van der Waals surface area (Å²) in [5.41, 5.74) is 5.39. The number of nitrogens with two attached hydrogens (primary N) is 1. The van der Waals surface area contributed by atoms with Crippen molar-refractivity contribution < 1.29 is 9.59 Å². The normalized spacial score (nSPS) is 23.1. The van der Waals surface area contributed by atoms with Gasteiger partial charge in [-0.15, -0.1) is 0 Å². The van der Waals surface area contributed by atoms with Gasteiger partial charge in [0.1, 0.15) is 6.04 Å². The van der Waals surface area contributed by atoms with Crippen LogP contribution in [0.25, 0.3) is 0 Å². The van der Waals surface area contributed by atoms with Gasteiger partial charge in [-0.2, -0.15) is 0 Å². The minimum atomic E-state index is -0.356. The van der Waals surface area contributed by atoms with E-state index in [0.717, 1.165) is 6.54 Å². The first kappa shape index (κ1) is 13.9. The summed E-state index contributed by atoms with van der Waals surface area (Å²) in [7, 11) is 3.45. The van der Waals surface area contributed by atoms with E-state index in [1.165, 1.54) is 0 Å². The van der Waals surface area contributed by atoms with Gasteiger partial charge in [-0.3, -0.25) is 14.5 Å². The number of primary amides is 1. The molecule has 17 heavy (non-hydrogen) atoms. The lowest BCUT2D eigenvalue weighted by atomic mass is 10.1. The van der Waals surface area contributed by atoms with Gasteiger partial charge in [0, 0.05) is 33.7 Å². The second-order valence-electron chi connectivity index (χ2n) is 4.52. The summed E-state index contributed by atoms with van der Waals surface area (Å²) in [5, 5.41) is 3.18. The molecule has 0 saturated carbocycles. The maximum Gasteiger partial charge on any atom is 0.240 e. The number of nitrogens with zero attached hydrogens (tertiary/aromatic N) is 2. The quantitative estimate of drug-likeness (QED) is 0.636. The minimum Gasteiger partial charge on any atom is -0.368 e. The molecule has 0 bridgehead atoms. The molecule has 1 aliphatic rings. The molecule has 6 nitrogen and oxygen atoms in total. The van der Waals surface area contributed by atoms with E-state index in [9.17, 15) is 9.59 Å². The Kier molecular flexibility index (Phi) is 4.89. The molecule has 6 heteroatoms. The van der Waals surface area contributed by atoms with Gasteiger partial charge in [0.05, 0.1) is 6.04 Å². The predicted molar refractivity (Wildman–Crippen MR) is 65.3 cm³/mol. The topological polar surface area (TPSA) is 78.7 Å². The van der Waals surface area contributed by atoms with Gasteiger partial charge in [0.2, 0.25) is 11.8 Å². The van der Waals surface area contributed by atoms with Crippen LogP contribution in [0.1, 0.15) is 13.3 Å². The Hall–Kier alpha value is -1.14. The van der Waals surface area contributed by atoms with Gasteiger partial charge in [-0.25, -0.2) is 0 Å². The summed E-state index contributed by atoms with van der Waals surface area (Å²) < 4.78 is 0. The van der Waals surface area contributed by atoms with E-state index in [4.69, 9.17) is 5.73 Å². The first-order valence-electron chi connectivity index (χ1n) is 5.96. The molecule has 1 aliphatic heterocycles. The fourth-order valence-electron chi connectivity index (χ4n) is 2.22. The summed E-state index contributed by atoms with van der Waals surface area (Å²) in [6, 6.07) is -0.651. The third-order valence-corrected chi connectivity index (χ3v) is 3.13. The van der Waals surface area contributed by atoms with Crippen LogP contribution in [0.2, 0.25) is 0 Å². The first-order chi connectivity index (χ1) is 7.99. The van der Waals surface area contributed by atoms with Crippen molar-refractivity contribution in [3.63, 3.8) is 0 Å². The first-order valence-corrected chi connectivity index (χ1v) is 5.96. The van der Waals surface area contributed by atoms with Gasteiger partial charge in [0.25, 0.3) is 0 Å². The molecule has 1 rings (SSSR count). The maximum atomic E-state index is 12.0. The van der Waals surface area contributed by atoms with Crippen LogP contribution < -0.4 is 11.1 Å². The number of hydrogen-bond donors (Lipinski definition) is 2. The zero-order chi connectivity index (χ0) is 13.0. The van der Waals surface area contributed by atoms with E-state index >= 15 is 0 Å². The molecule has 1 fully saturated rings. The van der Waals surface area contributed by atoms with Crippen molar-refractivity contribution in [2.45, 2.75) is 25.4 Å². The van der Waals surface area contributed by atoms with Gasteiger partial charge in [0.15, 0.2) is 0 Å². The van der Waals surface area contributed by atoms with Crippen LogP contribution >= 0.6 is 0 Å².